The highest BCUT2D eigenvalue weighted by molar-refractivity contribution is 5.98. The Kier molecular flexibility index (Phi) is 6.51. The summed E-state index contributed by atoms with van der Waals surface area (Å²) in [6.45, 7) is 0.427. The van der Waals surface area contributed by atoms with Crippen LogP contribution >= 0.6 is 0 Å². The Morgan fingerprint density at radius 2 is 1.69 bits per heavy atom. The van der Waals surface area contributed by atoms with E-state index in [9.17, 15) is 14.7 Å². The number of piperidine rings is 1. The van der Waals surface area contributed by atoms with Crippen molar-refractivity contribution in [3.05, 3.63) is 100 Å². The van der Waals surface area contributed by atoms with E-state index in [0.717, 1.165) is 27.8 Å². The fourth-order valence-corrected chi connectivity index (χ4v) is 5.66. The van der Waals surface area contributed by atoms with Gasteiger partial charge in [-0.15, -0.1) is 0 Å². The van der Waals surface area contributed by atoms with Gasteiger partial charge in [0.2, 0.25) is 0 Å². The van der Waals surface area contributed by atoms with Gasteiger partial charge in [-0.2, -0.15) is 0 Å². The molecule has 6 heteroatoms. The van der Waals surface area contributed by atoms with Crippen LogP contribution in [0, 0.1) is 0 Å². The second-order valence-corrected chi connectivity index (χ2v) is 9.44. The van der Waals surface area contributed by atoms with Crippen molar-refractivity contribution in [2.75, 3.05) is 13.7 Å². The minimum atomic E-state index is -0.894. The van der Waals surface area contributed by atoms with E-state index >= 15 is 0 Å². The van der Waals surface area contributed by atoms with Crippen LogP contribution < -0.4 is 10.3 Å². The zero-order valence-corrected chi connectivity index (χ0v) is 20.6. The van der Waals surface area contributed by atoms with Crippen LogP contribution in [0.2, 0.25) is 0 Å². The maximum atomic E-state index is 13.5. The number of aromatic nitrogens is 1. The highest BCUT2D eigenvalue weighted by Gasteiger charge is 2.35. The highest BCUT2D eigenvalue weighted by atomic mass is 16.5. The van der Waals surface area contributed by atoms with Gasteiger partial charge < -0.3 is 19.3 Å². The number of ether oxygens (including phenoxy) is 1. The molecule has 1 aliphatic heterocycles. The largest absolute Gasteiger partial charge is 0.497 e. The summed E-state index contributed by atoms with van der Waals surface area (Å²) in [4.78, 5) is 27.2. The van der Waals surface area contributed by atoms with Crippen molar-refractivity contribution < 1.29 is 14.6 Å². The van der Waals surface area contributed by atoms with Crippen LogP contribution in [0.15, 0.2) is 83.7 Å². The molecule has 5 rings (SSSR count). The van der Waals surface area contributed by atoms with Crippen molar-refractivity contribution in [3.8, 4) is 16.9 Å². The average Bonchev–Trinajstić information content (AvgIpc) is 2.91. The Hall–Kier alpha value is -4.06. The van der Waals surface area contributed by atoms with Gasteiger partial charge in [0.15, 0.2) is 0 Å². The van der Waals surface area contributed by atoms with Crippen molar-refractivity contribution in [3.63, 3.8) is 0 Å². The molecule has 2 atom stereocenters. The summed E-state index contributed by atoms with van der Waals surface area (Å²) in [5.41, 5.74) is 4.05. The molecule has 1 saturated heterocycles. The summed E-state index contributed by atoms with van der Waals surface area (Å²) >= 11 is 0. The molecule has 4 aromatic rings. The van der Waals surface area contributed by atoms with Crippen LogP contribution in [-0.4, -0.2) is 40.4 Å². The molecule has 1 aliphatic rings. The predicted molar refractivity (Wildman–Crippen MR) is 142 cm³/mol. The van der Waals surface area contributed by atoms with E-state index in [1.165, 1.54) is 0 Å². The van der Waals surface area contributed by atoms with Gasteiger partial charge in [0.1, 0.15) is 5.75 Å². The smallest absolute Gasteiger partial charge is 0.407 e. The molecule has 2 unspecified atom stereocenters. The van der Waals surface area contributed by atoms with Crippen LogP contribution in [0.25, 0.3) is 21.9 Å². The van der Waals surface area contributed by atoms with Gasteiger partial charge in [0.25, 0.3) is 5.56 Å². The lowest BCUT2D eigenvalue weighted by Gasteiger charge is -2.39. The van der Waals surface area contributed by atoms with Gasteiger partial charge >= 0.3 is 6.09 Å². The van der Waals surface area contributed by atoms with E-state index in [0.29, 0.717) is 36.9 Å². The zero-order valence-electron chi connectivity index (χ0n) is 20.6. The van der Waals surface area contributed by atoms with Gasteiger partial charge in [-0.05, 0) is 48.6 Å². The summed E-state index contributed by atoms with van der Waals surface area (Å²) in [6.07, 6.45) is 1.04. The fourth-order valence-electron chi connectivity index (χ4n) is 5.66. The van der Waals surface area contributed by atoms with E-state index in [4.69, 9.17) is 4.74 Å². The van der Waals surface area contributed by atoms with Crippen molar-refractivity contribution in [1.29, 1.82) is 0 Å². The molecular formula is C30H30N2O4. The topological polar surface area (TPSA) is 71.8 Å². The van der Waals surface area contributed by atoms with Gasteiger partial charge in [-0.25, -0.2) is 4.79 Å². The van der Waals surface area contributed by atoms with Crippen LogP contribution in [0.3, 0.4) is 0 Å². The monoisotopic (exact) mass is 482 g/mol. The van der Waals surface area contributed by atoms with E-state index in [2.05, 4.69) is 12.1 Å². The van der Waals surface area contributed by atoms with Crippen LogP contribution in [-0.2, 0) is 13.5 Å². The number of pyridine rings is 1. The van der Waals surface area contributed by atoms with E-state index in [1.807, 2.05) is 73.8 Å². The first-order chi connectivity index (χ1) is 17.5. The molecule has 1 aromatic heterocycles. The van der Waals surface area contributed by atoms with Crippen LogP contribution in [0.4, 0.5) is 4.79 Å². The van der Waals surface area contributed by atoms with Gasteiger partial charge in [0.05, 0.1) is 7.11 Å². The van der Waals surface area contributed by atoms with Crippen molar-refractivity contribution >= 4 is 16.9 Å². The SMILES string of the molecule is COc1ccc2c(=O)n(C)c(C3CCN(C(=O)O)C(Cc4ccccc4)C3)c(-c3ccccc3)c2c1. The summed E-state index contributed by atoms with van der Waals surface area (Å²) in [7, 11) is 3.46. The minimum Gasteiger partial charge on any atom is -0.497 e. The number of methoxy groups -OCH3 is 1. The third-order valence-electron chi connectivity index (χ3n) is 7.37. The summed E-state index contributed by atoms with van der Waals surface area (Å²) in [6, 6.07) is 25.5. The molecular weight excluding hydrogens is 452 g/mol. The number of carbonyl (C=O) groups is 1. The average molecular weight is 483 g/mol. The van der Waals surface area contributed by atoms with Gasteiger partial charge in [-0.1, -0.05) is 60.7 Å². The van der Waals surface area contributed by atoms with Crippen molar-refractivity contribution in [2.45, 2.75) is 31.2 Å². The van der Waals surface area contributed by atoms with Gasteiger partial charge in [-0.3, -0.25) is 4.79 Å². The lowest BCUT2D eigenvalue weighted by Crippen LogP contribution is -2.46. The number of fused-ring (bicyclic) bond motifs is 1. The Bertz CT molecular complexity index is 1450. The van der Waals surface area contributed by atoms with E-state index in [1.54, 1.807) is 16.6 Å². The maximum absolute atomic E-state index is 13.5. The van der Waals surface area contributed by atoms with Crippen LogP contribution in [0.5, 0.6) is 5.75 Å². The minimum absolute atomic E-state index is 0.0258. The Morgan fingerprint density at radius 3 is 2.36 bits per heavy atom. The molecule has 1 fully saturated rings. The van der Waals surface area contributed by atoms with Crippen molar-refractivity contribution in [1.82, 2.24) is 9.47 Å². The molecule has 1 N–H and O–H groups in total. The number of hydrogen-bond donors (Lipinski definition) is 1. The lowest BCUT2D eigenvalue weighted by molar-refractivity contribution is 0.0998. The molecule has 0 saturated carbocycles. The lowest BCUT2D eigenvalue weighted by atomic mass is 9.81. The molecule has 2 heterocycles. The fraction of sp³-hybridized carbons (Fsp3) is 0.267. The molecule has 36 heavy (non-hydrogen) atoms. The Morgan fingerprint density at radius 1 is 1.00 bits per heavy atom. The van der Waals surface area contributed by atoms with E-state index in [-0.39, 0.29) is 17.5 Å². The number of amides is 1. The Labute approximate surface area is 210 Å². The van der Waals surface area contributed by atoms with Crippen molar-refractivity contribution in [2.24, 2.45) is 7.05 Å². The molecule has 6 nitrogen and oxygen atoms in total. The summed E-state index contributed by atoms with van der Waals surface area (Å²) in [5.74, 6) is 0.722. The number of likely N-dealkylation sites (tertiary alicyclic amines) is 1. The molecule has 0 bridgehead atoms. The number of hydrogen-bond acceptors (Lipinski definition) is 3. The predicted octanol–water partition coefficient (Wildman–Crippen LogP) is 5.68. The normalized spacial score (nSPS) is 17.8. The summed E-state index contributed by atoms with van der Waals surface area (Å²) in [5, 5.41) is 11.4. The number of carboxylic acid groups (broad SMARTS) is 1. The quantitative estimate of drug-likeness (QED) is 0.397. The second-order valence-electron chi connectivity index (χ2n) is 9.44. The molecule has 1 amide bonds. The third kappa shape index (κ3) is 4.35. The third-order valence-corrected chi connectivity index (χ3v) is 7.37. The first-order valence-electron chi connectivity index (χ1n) is 12.3. The Balaban J connectivity index is 1.67. The summed E-state index contributed by atoms with van der Waals surface area (Å²) < 4.78 is 7.29. The van der Waals surface area contributed by atoms with E-state index < -0.39 is 6.09 Å². The molecule has 184 valence electrons. The second kappa shape index (κ2) is 9.90. The number of nitrogens with zero attached hydrogens (tertiary/aromatic N) is 2. The highest BCUT2D eigenvalue weighted by Crippen LogP contribution is 2.41. The van der Waals surface area contributed by atoms with Gasteiger partial charge in [0, 0.05) is 47.6 Å². The molecule has 0 radical (unpaired) electrons. The first-order valence-corrected chi connectivity index (χ1v) is 12.3. The standard InChI is InChI=1S/C30H30N2O4/c1-31-28(22-15-16-32(30(34)35)23(18-22)17-20-9-5-3-6-10-20)27(21-11-7-4-8-12-21)26-19-24(36-2)13-14-25(26)29(31)33/h3-14,19,22-23H,15-18H2,1-2H3,(H,34,35). The maximum Gasteiger partial charge on any atom is 0.407 e. The first kappa shape index (κ1) is 23.7. The molecule has 3 aromatic carbocycles. The zero-order chi connectivity index (χ0) is 25.2. The van der Waals surface area contributed by atoms with Crippen LogP contribution in [0.1, 0.15) is 30.0 Å². The molecule has 0 aliphatic carbocycles. The number of benzene rings is 3. The number of rotatable bonds is 5. The molecule has 0 spiro atoms.